The fourth-order valence-electron chi connectivity index (χ4n) is 3.36. The molecule has 3 atom stereocenters. The first-order valence-electron chi connectivity index (χ1n) is 6.44. The van der Waals surface area contributed by atoms with E-state index < -0.39 is 0 Å². The van der Waals surface area contributed by atoms with Gasteiger partial charge in [-0.15, -0.1) is 24.2 Å². The van der Waals surface area contributed by atoms with Crippen LogP contribution in [0.3, 0.4) is 0 Å². The van der Waals surface area contributed by atoms with E-state index in [1.165, 1.54) is 25.7 Å². The van der Waals surface area contributed by atoms with E-state index in [0.29, 0.717) is 5.91 Å². The molecule has 1 N–H and O–H groups in total. The van der Waals surface area contributed by atoms with Gasteiger partial charge in [0.1, 0.15) is 0 Å². The zero-order valence-corrected chi connectivity index (χ0v) is 11.7. The molecule has 3 rings (SSSR count). The molecule has 3 nitrogen and oxygen atoms in total. The summed E-state index contributed by atoms with van der Waals surface area (Å²) >= 11 is 1.84. The summed E-state index contributed by atoms with van der Waals surface area (Å²) in [7, 11) is 0. The minimum absolute atomic E-state index is 0. The number of fused-ring (bicyclic) bond motifs is 1. The number of carbonyl (C=O) groups is 1. The molecule has 3 fully saturated rings. The smallest absolute Gasteiger partial charge is 0.240 e. The lowest BCUT2D eigenvalue weighted by atomic mass is 9.82. The highest BCUT2D eigenvalue weighted by Crippen LogP contribution is 2.36. The molecule has 2 saturated heterocycles. The summed E-state index contributed by atoms with van der Waals surface area (Å²) in [5.41, 5.74) is 0. The molecule has 2 aliphatic heterocycles. The number of amides is 1. The van der Waals surface area contributed by atoms with Crippen molar-refractivity contribution in [2.75, 3.05) is 24.7 Å². The number of nitrogens with zero attached hydrogens (tertiary/aromatic N) is 1. The van der Waals surface area contributed by atoms with Gasteiger partial charge >= 0.3 is 0 Å². The van der Waals surface area contributed by atoms with Crippen molar-refractivity contribution in [2.45, 2.75) is 31.7 Å². The maximum Gasteiger partial charge on any atom is 0.240 e. The molecule has 98 valence electrons. The number of likely N-dealkylation sites (tertiary alicyclic amines) is 1. The van der Waals surface area contributed by atoms with E-state index in [4.69, 9.17) is 0 Å². The Hall–Kier alpha value is 0.0700. The molecule has 0 radical (unpaired) electrons. The second kappa shape index (κ2) is 5.81. The second-order valence-electron chi connectivity index (χ2n) is 5.32. The third-order valence-corrected chi connectivity index (χ3v) is 5.24. The molecule has 2 heterocycles. The Kier molecular flexibility index (Phi) is 4.61. The third kappa shape index (κ3) is 2.74. The van der Waals surface area contributed by atoms with Crippen molar-refractivity contribution in [3.05, 3.63) is 0 Å². The first-order chi connectivity index (χ1) is 7.84. The van der Waals surface area contributed by atoms with Crippen LogP contribution in [0, 0.1) is 11.8 Å². The average molecular weight is 277 g/mol. The molecule has 0 bridgehead atoms. The van der Waals surface area contributed by atoms with E-state index in [1.807, 2.05) is 11.8 Å². The molecule has 1 saturated carbocycles. The largest absolute Gasteiger partial charge is 0.341 e. The SMILES string of the molecule is Cl.O=C(C1CSCN1)N1CC2CCCCC2C1. The summed E-state index contributed by atoms with van der Waals surface area (Å²) in [6.07, 6.45) is 5.45. The van der Waals surface area contributed by atoms with Gasteiger partial charge in [0.2, 0.25) is 5.91 Å². The highest BCUT2D eigenvalue weighted by Gasteiger charge is 2.38. The molecule has 17 heavy (non-hydrogen) atoms. The predicted molar refractivity (Wildman–Crippen MR) is 73.5 cm³/mol. The highest BCUT2D eigenvalue weighted by atomic mass is 35.5. The molecule has 1 aliphatic carbocycles. The van der Waals surface area contributed by atoms with Crippen LogP contribution in [0.5, 0.6) is 0 Å². The van der Waals surface area contributed by atoms with Gasteiger partial charge in [-0.3, -0.25) is 10.1 Å². The maximum absolute atomic E-state index is 12.2. The van der Waals surface area contributed by atoms with Gasteiger partial charge in [-0.25, -0.2) is 0 Å². The molecule has 1 amide bonds. The topological polar surface area (TPSA) is 32.3 Å². The Morgan fingerprint density at radius 3 is 2.35 bits per heavy atom. The standard InChI is InChI=1S/C12H20N2OS.ClH/c15-12(11-7-16-8-13-11)14-5-9-3-1-2-4-10(9)6-14;/h9-11,13H,1-8H2;1H. The molecular formula is C12H21ClN2OS. The third-order valence-electron chi connectivity index (χ3n) is 4.30. The van der Waals surface area contributed by atoms with E-state index in [2.05, 4.69) is 10.2 Å². The van der Waals surface area contributed by atoms with Gasteiger partial charge in [-0.1, -0.05) is 12.8 Å². The van der Waals surface area contributed by atoms with Crippen molar-refractivity contribution in [3.8, 4) is 0 Å². The van der Waals surface area contributed by atoms with Crippen LogP contribution in [0.2, 0.25) is 0 Å². The minimum Gasteiger partial charge on any atom is -0.341 e. The van der Waals surface area contributed by atoms with Crippen molar-refractivity contribution < 1.29 is 4.79 Å². The zero-order valence-electron chi connectivity index (χ0n) is 10.1. The number of nitrogens with one attached hydrogen (secondary N) is 1. The molecular weight excluding hydrogens is 256 g/mol. The summed E-state index contributed by atoms with van der Waals surface area (Å²) < 4.78 is 0. The lowest BCUT2D eigenvalue weighted by Crippen LogP contribution is -2.44. The zero-order chi connectivity index (χ0) is 11.0. The summed E-state index contributed by atoms with van der Waals surface area (Å²) in [6, 6.07) is 0.102. The average Bonchev–Trinajstić information content (AvgIpc) is 2.97. The van der Waals surface area contributed by atoms with Crippen LogP contribution in [-0.4, -0.2) is 41.6 Å². The number of thioether (sulfide) groups is 1. The fourth-order valence-corrected chi connectivity index (χ4v) is 4.29. The van der Waals surface area contributed by atoms with E-state index in [1.54, 1.807) is 0 Å². The molecule has 5 heteroatoms. The molecule has 0 spiro atoms. The van der Waals surface area contributed by atoms with Crippen molar-refractivity contribution in [1.82, 2.24) is 10.2 Å². The predicted octanol–water partition coefficient (Wildman–Crippen LogP) is 1.72. The lowest BCUT2D eigenvalue weighted by Gasteiger charge is -2.22. The summed E-state index contributed by atoms with van der Waals surface area (Å²) in [5.74, 6) is 3.89. The van der Waals surface area contributed by atoms with Gasteiger partial charge in [0.25, 0.3) is 0 Å². The Bertz CT molecular complexity index is 270. The van der Waals surface area contributed by atoms with E-state index in [9.17, 15) is 4.79 Å². The van der Waals surface area contributed by atoms with Gasteiger partial charge in [-0.2, -0.15) is 0 Å². The van der Waals surface area contributed by atoms with Crippen LogP contribution >= 0.6 is 24.2 Å². The van der Waals surface area contributed by atoms with E-state index >= 15 is 0 Å². The lowest BCUT2D eigenvalue weighted by molar-refractivity contribution is -0.131. The van der Waals surface area contributed by atoms with Crippen molar-refractivity contribution in [2.24, 2.45) is 11.8 Å². The molecule has 3 aliphatic rings. The molecule has 3 unspecified atom stereocenters. The van der Waals surface area contributed by atoms with Crippen molar-refractivity contribution in [3.63, 3.8) is 0 Å². The number of halogens is 1. The Balaban J connectivity index is 0.00000108. The van der Waals surface area contributed by atoms with Crippen molar-refractivity contribution >= 4 is 30.1 Å². The van der Waals surface area contributed by atoms with E-state index in [0.717, 1.165) is 36.6 Å². The van der Waals surface area contributed by atoms with Crippen LogP contribution in [0.4, 0.5) is 0 Å². The molecule has 0 aromatic heterocycles. The van der Waals surface area contributed by atoms with Gasteiger partial charge in [0.15, 0.2) is 0 Å². The molecule has 0 aromatic carbocycles. The van der Waals surface area contributed by atoms with Gasteiger partial charge in [0, 0.05) is 24.7 Å². The Morgan fingerprint density at radius 1 is 1.18 bits per heavy atom. The van der Waals surface area contributed by atoms with Crippen LogP contribution in [0.1, 0.15) is 25.7 Å². The first kappa shape index (κ1) is 13.5. The summed E-state index contributed by atoms with van der Waals surface area (Å²) in [6.45, 7) is 2.07. The summed E-state index contributed by atoms with van der Waals surface area (Å²) in [5, 5.41) is 3.29. The second-order valence-corrected chi connectivity index (χ2v) is 6.35. The van der Waals surface area contributed by atoms with Crippen molar-refractivity contribution in [1.29, 1.82) is 0 Å². The van der Waals surface area contributed by atoms with Gasteiger partial charge in [0.05, 0.1) is 6.04 Å². The maximum atomic E-state index is 12.2. The Labute approximate surface area is 113 Å². The first-order valence-corrected chi connectivity index (χ1v) is 7.60. The summed E-state index contributed by atoms with van der Waals surface area (Å²) in [4.78, 5) is 14.4. The van der Waals surface area contributed by atoms with Gasteiger partial charge in [-0.05, 0) is 24.7 Å². The van der Waals surface area contributed by atoms with Crippen LogP contribution < -0.4 is 5.32 Å². The molecule has 0 aromatic rings. The van der Waals surface area contributed by atoms with Gasteiger partial charge < -0.3 is 4.90 Å². The van der Waals surface area contributed by atoms with Crippen LogP contribution in [0.15, 0.2) is 0 Å². The fraction of sp³-hybridized carbons (Fsp3) is 0.917. The monoisotopic (exact) mass is 276 g/mol. The minimum atomic E-state index is 0. The normalized spacial score (nSPS) is 36.5. The number of hydrogen-bond donors (Lipinski definition) is 1. The van der Waals surface area contributed by atoms with Crippen LogP contribution in [-0.2, 0) is 4.79 Å². The van der Waals surface area contributed by atoms with Crippen LogP contribution in [0.25, 0.3) is 0 Å². The number of carbonyl (C=O) groups excluding carboxylic acids is 1. The Morgan fingerprint density at radius 2 is 1.82 bits per heavy atom. The number of rotatable bonds is 1. The highest BCUT2D eigenvalue weighted by molar-refractivity contribution is 7.99. The van der Waals surface area contributed by atoms with E-state index in [-0.39, 0.29) is 18.4 Å². The number of hydrogen-bond acceptors (Lipinski definition) is 3. The quantitative estimate of drug-likeness (QED) is 0.792.